The van der Waals surface area contributed by atoms with E-state index in [0.717, 1.165) is 11.1 Å². The van der Waals surface area contributed by atoms with Gasteiger partial charge in [0.05, 0.1) is 12.7 Å². The van der Waals surface area contributed by atoms with Crippen LogP contribution in [0.15, 0.2) is 60.7 Å². The SMILES string of the molecule is N#CC(OCc1ccccc1)c1ccccc1. The molecule has 1 unspecified atom stereocenters. The van der Waals surface area contributed by atoms with Crippen LogP contribution in [0, 0.1) is 11.3 Å². The first kappa shape index (κ1) is 11.4. The van der Waals surface area contributed by atoms with Gasteiger partial charge in [-0.3, -0.25) is 0 Å². The number of benzene rings is 2. The summed E-state index contributed by atoms with van der Waals surface area (Å²) in [7, 11) is 0. The van der Waals surface area contributed by atoms with E-state index in [1.165, 1.54) is 0 Å². The van der Waals surface area contributed by atoms with Crippen LogP contribution in [-0.4, -0.2) is 0 Å². The second kappa shape index (κ2) is 5.83. The summed E-state index contributed by atoms with van der Waals surface area (Å²) in [4.78, 5) is 0. The van der Waals surface area contributed by atoms with Gasteiger partial charge in [0.15, 0.2) is 6.10 Å². The van der Waals surface area contributed by atoms with Gasteiger partial charge in [-0.2, -0.15) is 5.26 Å². The molecule has 2 aromatic rings. The molecule has 0 aliphatic rings. The molecule has 1 atom stereocenters. The predicted molar refractivity (Wildman–Crippen MR) is 66.0 cm³/mol. The van der Waals surface area contributed by atoms with Gasteiger partial charge >= 0.3 is 0 Å². The maximum atomic E-state index is 9.08. The number of hydrogen-bond acceptors (Lipinski definition) is 2. The Hall–Kier alpha value is -2.11. The molecule has 0 aliphatic carbocycles. The van der Waals surface area contributed by atoms with Gasteiger partial charge in [-0.05, 0) is 11.1 Å². The molecule has 0 heterocycles. The maximum Gasteiger partial charge on any atom is 0.169 e. The quantitative estimate of drug-likeness (QED) is 0.795. The van der Waals surface area contributed by atoms with Crippen molar-refractivity contribution in [2.24, 2.45) is 0 Å². The molecular weight excluding hydrogens is 210 g/mol. The van der Waals surface area contributed by atoms with E-state index in [1.807, 2.05) is 60.7 Å². The van der Waals surface area contributed by atoms with Gasteiger partial charge in [0.1, 0.15) is 0 Å². The molecule has 0 amide bonds. The Morgan fingerprint density at radius 3 is 2.12 bits per heavy atom. The molecule has 0 bridgehead atoms. The van der Waals surface area contributed by atoms with Crippen LogP contribution in [0.2, 0.25) is 0 Å². The molecule has 2 heteroatoms. The highest BCUT2D eigenvalue weighted by atomic mass is 16.5. The van der Waals surface area contributed by atoms with Crippen LogP contribution in [0.5, 0.6) is 0 Å². The highest BCUT2D eigenvalue weighted by molar-refractivity contribution is 5.22. The Labute approximate surface area is 101 Å². The van der Waals surface area contributed by atoms with E-state index in [0.29, 0.717) is 6.61 Å². The van der Waals surface area contributed by atoms with Gasteiger partial charge in [0.2, 0.25) is 0 Å². The minimum Gasteiger partial charge on any atom is -0.354 e. The summed E-state index contributed by atoms with van der Waals surface area (Å²) in [6.45, 7) is 0.452. The summed E-state index contributed by atoms with van der Waals surface area (Å²) in [6.07, 6.45) is -0.503. The molecule has 0 radical (unpaired) electrons. The molecule has 0 spiro atoms. The van der Waals surface area contributed by atoms with Crippen molar-refractivity contribution in [3.8, 4) is 6.07 Å². The van der Waals surface area contributed by atoms with Crippen LogP contribution in [0.1, 0.15) is 17.2 Å². The normalized spacial score (nSPS) is 11.7. The molecule has 0 N–H and O–H groups in total. The first-order valence-electron chi connectivity index (χ1n) is 5.50. The van der Waals surface area contributed by atoms with Crippen molar-refractivity contribution in [2.45, 2.75) is 12.7 Å². The van der Waals surface area contributed by atoms with Crippen molar-refractivity contribution in [2.75, 3.05) is 0 Å². The van der Waals surface area contributed by atoms with E-state index in [1.54, 1.807) is 0 Å². The summed E-state index contributed by atoms with van der Waals surface area (Å²) >= 11 is 0. The summed E-state index contributed by atoms with van der Waals surface area (Å²) in [5, 5.41) is 9.08. The van der Waals surface area contributed by atoms with E-state index in [4.69, 9.17) is 10.00 Å². The molecule has 0 aromatic heterocycles. The third-order valence-corrected chi connectivity index (χ3v) is 2.48. The van der Waals surface area contributed by atoms with Crippen LogP contribution in [0.3, 0.4) is 0 Å². The van der Waals surface area contributed by atoms with Gasteiger partial charge in [-0.25, -0.2) is 0 Å². The summed E-state index contributed by atoms with van der Waals surface area (Å²) in [5.74, 6) is 0. The average molecular weight is 223 g/mol. The van der Waals surface area contributed by atoms with E-state index < -0.39 is 6.10 Å². The van der Waals surface area contributed by atoms with Crippen LogP contribution in [0.25, 0.3) is 0 Å². The van der Waals surface area contributed by atoms with E-state index in [-0.39, 0.29) is 0 Å². The van der Waals surface area contributed by atoms with Crippen LogP contribution in [-0.2, 0) is 11.3 Å². The zero-order valence-corrected chi connectivity index (χ0v) is 9.41. The molecule has 2 aromatic carbocycles. The molecular formula is C15H13NO. The van der Waals surface area contributed by atoms with Gasteiger partial charge in [-0.1, -0.05) is 60.7 Å². The summed E-state index contributed by atoms with van der Waals surface area (Å²) < 4.78 is 5.60. The molecule has 0 saturated heterocycles. The summed E-state index contributed by atoms with van der Waals surface area (Å²) in [5.41, 5.74) is 1.97. The molecule has 0 fully saturated rings. The lowest BCUT2D eigenvalue weighted by Crippen LogP contribution is -2.01. The molecule has 17 heavy (non-hydrogen) atoms. The largest absolute Gasteiger partial charge is 0.354 e. The zero-order chi connectivity index (χ0) is 11.9. The number of hydrogen-bond donors (Lipinski definition) is 0. The Morgan fingerprint density at radius 2 is 1.53 bits per heavy atom. The third-order valence-electron chi connectivity index (χ3n) is 2.48. The van der Waals surface area contributed by atoms with Crippen LogP contribution < -0.4 is 0 Å². The molecule has 2 rings (SSSR count). The van der Waals surface area contributed by atoms with Crippen LogP contribution >= 0.6 is 0 Å². The molecule has 0 saturated carbocycles. The molecule has 2 nitrogen and oxygen atoms in total. The Kier molecular flexibility index (Phi) is 3.90. The first-order chi connectivity index (χ1) is 8.40. The lowest BCUT2D eigenvalue weighted by atomic mass is 10.1. The predicted octanol–water partition coefficient (Wildman–Crippen LogP) is 3.47. The van der Waals surface area contributed by atoms with Crippen molar-refractivity contribution < 1.29 is 4.74 Å². The summed E-state index contributed by atoms with van der Waals surface area (Å²) in [6, 6.07) is 21.6. The average Bonchev–Trinajstić information content (AvgIpc) is 2.42. The zero-order valence-electron chi connectivity index (χ0n) is 9.41. The number of rotatable bonds is 4. The number of ether oxygens (including phenoxy) is 1. The second-order valence-corrected chi connectivity index (χ2v) is 3.72. The van der Waals surface area contributed by atoms with Crippen molar-refractivity contribution in [1.29, 1.82) is 5.26 Å². The third kappa shape index (κ3) is 3.17. The van der Waals surface area contributed by atoms with Crippen LogP contribution in [0.4, 0.5) is 0 Å². The Bertz CT molecular complexity index is 487. The topological polar surface area (TPSA) is 33.0 Å². The monoisotopic (exact) mass is 223 g/mol. The van der Waals surface area contributed by atoms with Gasteiger partial charge in [0, 0.05) is 0 Å². The van der Waals surface area contributed by atoms with Crippen molar-refractivity contribution >= 4 is 0 Å². The van der Waals surface area contributed by atoms with Crippen molar-refractivity contribution in [3.63, 3.8) is 0 Å². The van der Waals surface area contributed by atoms with Gasteiger partial charge in [-0.15, -0.1) is 0 Å². The van der Waals surface area contributed by atoms with Gasteiger partial charge < -0.3 is 4.74 Å². The standard InChI is InChI=1S/C15H13NO/c16-11-15(14-9-5-2-6-10-14)17-12-13-7-3-1-4-8-13/h1-10,15H,12H2. The fraction of sp³-hybridized carbons (Fsp3) is 0.133. The van der Waals surface area contributed by atoms with Crippen molar-refractivity contribution in [3.05, 3.63) is 71.8 Å². The smallest absolute Gasteiger partial charge is 0.169 e. The Balaban J connectivity index is 2.01. The first-order valence-corrected chi connectivity index (χ1v) is 5.50. The minimum absolute atomic E-state index is 0.452. The molecule has 84 valence electrons. The lowest BCUT2D eigenvalue weighted by Gasteiger charge is -2.10. The van der Waals surface area contributed by atoms with E-state index in [9.17, 15) is 0 Å². The number of nitrogens with zero attached hydrogens (tertiary/aromatic N) is 1. The lowest BCUT2D eigenvalue weighted by molar-refractivity contribution is 0.0767. The highest BCUT2D eigenvalue weighted by Crippen LogP contribution is 2.17. The fourth-order valence-corrected chi connectivity index (χ4v) is 1.59. The second-order valence-electron chi connectivity index (χ2n) is 3.72. The maximum absolute atomic E-state index is 9.08. The highest BCUT2D eigenvalue weighted by Gasteiger charge is 2.09. The van der Waals surface area contributed by atoms with E-state index in [2.05, 4.69) is 6.07 Å². The van der Waals surface area contributed by atoms with E-state index >= 15 is 0 Å². The van der Waals surface area contributed by atoms with Crippen molar-refractivity contribution in [1.82, 2.24) is 0 Å². The number of nitriles is 1. The minimum atomic E-state index is -0.503. The van der Waals surface area contributed by atoms with Gasteiger partial charge in [0.25, 0.3) is 0 Å². The Morgan fingerprint density at radius 1 is 0.941 bits per heavy atom. The fourth-order valence-electron chi connectivity index (χ4n) is 1.59. The molecule has 0 aliphatic heterocycles.